The number of halogens is 2. The molecule has 0 saturated heterocycles. The molecule has 1 nitrogen and oxygen atoms in total. The lowest BCUT2D eigenvalue weighted by molar-refractivity contribution is 0.133. The minimum Gasteiger partial charge on any atom is -0.372 e. The van der Waals surface area contributed by atoms with Crippen molar-refractivity contribution < 1.29 is 9.13 Å². The maximum Gasteiger partial charge on any atom is 0.130 e. The molecule has 0 N–H and O–H groups in total. The van der Waals surface area contributed by atoms with E-state index in [0.717, 1.165) is 14.7 Å². The van der Waals surface area contributed by atoms with E-state index >= 15 is 0 Å². The molecule has 3 heteroatoms. The fraction of sp³-hybridized carbons (Fsp3) is 0.250. The standard InChI is InChI=1S/C8H6FIO/c9-8-2-6(10)1-5-3-11-4-7(5)8/h1-2H,3-4H2. The lowest BCUT2D eigenvalue weighted by Crippen LogP contribution is -1.89. The molecule has 0 saturated carbocycles. The average Bonchev–Trinajstić information content (AvgIpc) is 2.34. The van der Waals surface area contributed by atoms with Gasteiger partial charge in [0.2, 0.25) is 0 Å². The first-order chi connectivity index (χ1) is 5.27. The highest BCUT2D eigenvalue weighted by molar-refractivity contribution is 14.1. The fourth-order valence-electron chi connectivity index (χ4n) is 1.21. The summed E-state index contributed by atoms with van der Waals surface area (Å²) in [7, 11) is 0. The maximum atomic E-state index is 13.1. The highest BCUT2D eigenvalue weighted by Gasteiger charge is 2.15. The quantitative estimate of drug-likeness (QED) is 0.654. The van der Waals surface area contributed by atoms with Gasteiger partial charge >= 0.3 is 0 Å². The Balaban J connectivity index is 2.60. The van der Waals surface area contributed by atoms with Crippen LogP contribution in [-0.2, 0) is 18.0 Å². The van der Waals surface area contributed by atoms with Crippen LogP contribution < -0.4 is 0 Å². The lowest BCUT2D eigenvalue weighted by atomic mass is 10.1. The van der Waals surface area contributed by atoms with Crippen molar-refractivity contribution in [2.75, 3.05) is 0 Å². The second kappa shape index (κ2) is 2.71. The number of ether oxygens (including phenoxy) is 1. The molecule has 0 aromatic heterocycles. The number of hydrogen-bond donors (Lipinski definition) is 0. The Morgan fingerprint density at radius 2 is 2.18 bits per heavy atom. The van der Waals surface area contributed by atoms with Crippen molar-refractivity contribution in [3.05, 3.63) is 32.6 Å². The normalized spacial score (nSPS) is 15.1. The molecule has 0 bridgehead atoms. The largest absolute Gasteiger partial charge is 0.372 e. The van der Waals surface area contributed by atoms with Gasteiger partial charge in [0.05, 0.1) is 13.2 Å². The fourth-order valence-corrected chi connectivity index (χ4v) is 1.86. The van der Waals surface area contributed by atoms with Crippen LogP contribution in [0.5, 0.6) is 0 Å². The van der Waals surface area contributed by atoms with Crippen LogP contribution in [0.2, 0.25) is 0 Å². The summed E-state index contributed by atoms with van der Waals surface area (Å²) in [6.45, 7) is 0.987. The van der Waals surface area contributed by atoms with Crippen molar-refractivity contribution >= 4 is 22.6 Å². The summed E-state index contributed by atoms with van der Waals surface area (Å²) >= 11 is 2.10. The van der Waals surface area contributed by atoms with E-state index in [1.54, 1.807) is 0 Å². The monoisotopic (exact) mass is 264 g/mol. The van der Waals surface area contributed by atoms with E-state index in [1.807, 2.05) is 6.07 Å². The molecule has 0 atom stereocenters. The minimum atomic E-state index is -0.135. The van der Waals surface area contributed by atoms with E-state index in [2.05, 4.69) is 22.6 Å². The van der Waals surface area contributed by atoms with Gasteiger partial charge < -0.3 is 4.74 Å². The number of hydrogen-bond acceptors (Lipinski definition) is 1. The second-order valence-corrected chi connectivity index (χ2v) is 3.76. The molecule has 1 aliphatic heterocycles. The lowest BCUT2D eigenvalue weighted by Gasteiger charge is -1.98. The molecular weight excluding hydrogens is 258 g/mol. The van der Waals surface area contributed by atoms with E-state index in [0.29, 0.717) is 13.2 Å². The van der Waals surface area contributed by atoms with E-state index < -0.39 is 0 Å². The van der Waals surface area contributed by atoms with Crippen molar-refractivity contribution in [1.82, 2.24) is 0 Å². The van der Waals surface area contributed by atoms with Crippen LogP contribution in [0.4, 0.5) is 4.39 Å². The van der Waals surface area contributed by atoms with Gasteiger partial charge in [0.1, 0.15) is 5.82 Å². The van der Waals surface area contributed by atoms with E-state index in [9.17, 15) is 4.39 Å². The second-order valence-electron chi connectivity index (χ2n) is 2.52. The van der Waals surface area contributed by atoms with Crippen LogP contribution in [0.1, 0.15) is 11.1 Å². The van der Waals surface area contributed by atoms with Crippen LogP contribution in [0.15, 0.2) is 12.1 Å². The Morgan fingerprint density at radius 3 is 3.00 bits per heavy atom. The van der Waals surface area contributed by atoms with Crippen LogP contribution in [0, 0.1) is 9.39 Å². The SMILES string of the molecule is Fc1cc(I)cc2c1COC2. The maximum absolute atomic E-state index is 13.1. The first-order valence-corrected chi connectivity index (χ1v) is 4.40. The van der Waals surface area contributed by atoms with Crippen molar-refractivity contribution in [3.8, 4) is 0 Å². The highest BCUT2D eigenvalue weighted by Crippen LogP contribution is 2.24. The number of fused-ring (bicyclic) bond motifs is 1. The van der Waals surface area contributed by atoms with Gasteiger partial charge in [-0.3, -0.25) is 0 Å². The minimum absolute atomic E-state index is 0.135. The van der Waals surface area contributed by atoms with Gasteiger partial charge in [-0.15, -0.1) is 0 Å². The van der Waals surface area contributed by atoms with Crippen molar-refractivity contribution in [1.29, 1.82) is 0 Å². The molecule has 1 aliphatic rings. The number of benzene rings is 1. The summed E-state index contributed by atoms with van der Waals surface area (Å²) in [6.07, 6.45) is 0. The molecule has 0 amide bonds. The van der Waals surface area contributed by atoms with Crippen LogP contribution in [0.25, 0.3) is 0 Å². The molecule has 2 rings (SSSR count). The van der Waals surface area contributed by atoms with E-state index in [4.69, 9.17) is 4.74 Å². The van der Waals surface area contributed by atoms with Crippen LogP contribution >= 0.6 is 22.6 Å². The highest BCUT2D eigenvalue weighted by atomic mass is 127. The third-order valence-corrected chi connectivity index (χ3v) is 2.38. The Morgan fingerprint density at radius 1 is 1.36 bits per heavy atom. The Labute approximate surface area is 77.7 Å². The Bertz CT molecular complexity index is 298. The van der Waals surface area contributed by atoms with Crippen molar-refractivity contribution in [2.24, 2.45) is 0 Å². The molecule has 0 aliphatic carbocycles. The average molecular weight is 264 g/mol. The van der Waals surface area contributed by atoms with Gasteiger partial charge in [-0.1, -0.05) is 0 Å². The summed E-state index contributed by atoms with van der Waals surface area (Å²) in [5, 5.41) is 0. The van der Waals surface area contributed by atoms with Gasteiger partial charge in [0.25, 0.3) is 0 Å². The third-order valence-electron chi connectivity index (χ3n) is 1.76. The van der Waals surface area contributed by atoms with E-state index in [1.165, 1.54) is 6.07 Å². The predicted octanol–water partition coefficient (Wildman–Crippen LogP) is 2.46. The summed E-state index contributed by atoms with van der Waals surface area (Å²) < 4.78 is 19.1. The van der Waals surface area contributed by atoms with Gasteiger partial charge in [-0.05, 0) is 40.3 Å². The molecule has 1 aromatic rings. The summed E-state index contributed by atoms with van der Waals surface area (Å²) in [5.74, 6) is -0.135. The molecule has 58 valence electrons. The smallest absolute Gasteiger partial charge is 0.130 e. The van der Waals surface area contributed by atoms with Crippen LogP contribution in [-0.4, -0.2) is 0 Å². The summed E-state index contributed by atoms with van der Waals surface area (Å²) in [5.41, 5.74) is 1.72. The summed E-state index contributed by atoms with van der Waals surface area (Å²) in [6, 6.07) is 3.50. The van der Waals surface area contributed by atoms with Crippen molar-refractivity contribution in [2.45, 2.75) is 13.2 Å². The molecule has 1 heterocycles. The molecule has 0 fully saturated rings. The molecule has 11 heavy (non-hydrogen) atoms. The van der Waals surface area contributed by atoms with Gasteiger partial charge in [-0.2, -0.15) is 0 Å². The first kappa shape index (κ1) is 7.49. The molecular formula is C8H6FIO. The molecule has 0 radical (unpaired) electrons. The zero-order valence-corrected chi connectivity index (χ0v) is 7.89. The van der Waals surface area contributed by atoms with Gasteiger partial charge in [0.15, 0.2) is 0 Å². The first-order valence-electron chi connectivity index (χ1n) is 3.32. The topological polar surface area (TPSA) is 9.23 Å². The van der Waals surface area contributed by atoms with Crippen molar-refractivity contribution in [3.63, 3.8) is 0 Å². The predicted molar refractivity (Wildman–Crippen MR) is 47.6 cm³/mol. The third kappa shape index (κ3) is 1.27. The molecule has 1 aromatic carbocycles. The van der Waals surface area contributed by atoms with Gasteiger partial charge in [0, 0.05) is 9.13 Å². The Kier molecular flexibility index (Phi) is 1.85. The zero-order chi connectivity index (χ0) is 7.84. The van der Waals surface area contributed by atoms with E-state index in [-0.39, 0.29) is 5.82 Å². The number of rotatable bonds is 0. The van der Waals surface area contributed by atoms with Crippen LogP contribution in [0.3, 0.4) is 0 Å². The molecule has 0 unspecified atom stereocenters. The van der Waals surface area contributed by atoms with Gasteiger partial charge in [-0.25, -0.2) is 4.39 Å². The summed E-state index contributed by atoms with van der Waals surface area (Å²) in [4.78, 5) is 0. The Hall–Kier alpha value is -0.160. The molecule has 0 spiro atoms. The zero-order valence-electron chi connectivity index (χ0n) is 5.73.